The Bertz CT molecular complexity index is 447. The number of nitrogens with one attached hydrogen (secondary N) is 1. The first-order chi connectivity index (χ1) is 10.6. The van der Waals surface area contributed by atoms with Crippen LogP contribution in [0.2, 0.25) is 0 Å². The minimum Gasteiger partial charge on any atom is -0.381 e. The third-order valence-electron chi connectivity index (χ3n) is 4.34. The summed E-state index contributed by atoms with van der Waals surface area (Å²) in [4.78, 5) is 11.9. The van der Waals surface area contributed by atoms with Crippen molar-refractivity contribution in [3.8, 4) is 0 Å². The lowest BCUT2D eigenvalue weighted by Crippen LogP contribution is -2.29. The normalized spacial score (nSPS) is 18.4. The molecule has 0 bridgehead atoms. The van der Waals surface area contributed by atoms with Crippen LogP contribution in [-0.4, -0.2) is 25.7 Å². The molecule has 0 spiro atoms. The number of rotatable bonds is 7. The Morgan fingerprint density at radius 2 is 2.09 bits per heavy atom. The SMILES string of the molecule is CC(C)c1ccc(CCCNC(=O)C[C@H]2CCCOC2)cc1. The van der Waals surface area contributed by atoms with Gasteiger partial charge < -0.3 is 10.1 Å². The van der Waals surface area contributed by atoms with Crippen LogP contribution in [0.4, 0.5) is 0 Å². The van der Waals surface area contributed by atoms with E-state index in [1.54, 1.807) is 0 Å². The molecule has 1 aliphatic heterocycles. The highest BCUT2D eigenvalue weighted by molar-refractivity contribution is 5.76. The van der Waals surface area contributed by atoms with Gasteiger partial charge in [-0.1, -0.05) is 38.1 Å². The first-order valence-corrected chi connectivity index (χ1v) is 8.58. The molecule has 2 rings (SSSR count). The zero-order valence-electron chi connectivity index (χ0n) is 13.9. The maximum Gasteiger partial charge on any atom is 0.220 e. The molecule has 3 nitrogen and oxygen atoms in total. The van der Waals surface area contributed by atoms with Crippen molar-refractivity contribution in [2.75, 3.05) is 19.8 Å². The first-order valence-electron chi connectivity index (χ1n) is 8.58. The summed E-state index contributed by atoms with van der Waals surface area (Å²) in [6, 6.07) is 8.83. The van der Waals surface area contributed by atoms with Gasteiger partial charge in [0.25, 0.3) is 0 Å². The van der Waals surface area contributed by atoms with Gasteiger partial charge in [0, 0.05) is 26.2 Å². The highest BCUT2D eigenvalue weighted by Crippen LogP contribution is 2.17. The Hall–Kier alpha value is -1.35. The lowest BCUT2D eigenvalue weighted by molar-refractivity contribution is -0.123. The summed E-state index contributed by atoms with van der Waals surface area (Å²) in [6.07, 6.45) is 4.84. The molecule has 0 saturated carbocycles. The predicted molar refractivity (Wildman–Crippen MR) is 90.0 cm³/mol. The number of amides is 1. The third kappa shape index (κ3) is 5.80. The van der Waals surface area contributed by atoms with Crippen LogP contribution in [0.15, 0.2) is 24.3 Å². The van der Waals surface area contributed by atoms with E-state index in [0.717, 1.165) is 45.4 Å². The van der Waals surface area contributed by atoms with Gasteiger partial charge in [0.1, 0.15) is 0 Å². The summed E-state index contributed by atoms with van der Waals surface area (Å²) >= 11 is 0. The maximum absolute atomic E-state index is 11.9. The van der Waals surface area contributed by atoms with E-state index in [1.807, 2.05) is 0 Å². The second-order valence-electron chi connectivity index (χ2n) is 6.64. The van der Waals surface area contributed by atoms with E-state index in [9.17, 15) is 4.79 Å². The molecule has 1 aromatic carbocycles. The van der Waals surface area contributed by atoms with Crippen molar-refractivity contribution in [1.82, 2.24) is 5.32 Å². The molecule has 0 unspecified atom stereocenters. The Labute approximate surface area is 134 Å². The molecule has 1 fully saturated rings. The fraction of sp³-hybridized carbons (Fsp3) is 0.632. The second-order valence-corrected chi connectivity index (χ2v) is 6.64. The predicted octanol–water partition coefficient (Wildman–Crippen LogP) is 3.68. The second kappa shape index (κ2) is 8.94. The van der Waals surface area contributed by atoms with Crippen molar-refractivity contribution in [3.63, 3.8) is 0 Å². The van der Waals surface area contributed by atoms with Crippen LogP contribution in [0, 0.1) is 5.92 Å². The largest absolute Gasteiger partial charge is 0.381 e. The molecule has 1 N–H and O–H groups in total. The molecule has 3 heteroatoms. The van der Waals surface area contributed by atoms with Gasteiger partial charge in [-0.05, 0) is 48.6 Å². The molecule has 1 saturated heterocycles. The average molecular weight is 303 g/mol. The highest BCUT2D eigenvalue weighted by atomic mass is 16.5. The zero-order chi connectivity index (χ0) is 15.8. The molecule has 1 amide bonds. The van der Waals surface area contributed by atoms with E-state index in [4.69, 9.17) is 4.74 Å². The summed E-state index contributed by atoms with van der Waals surface area (Å²) < 4.78 is 5.41. The van der Waals surface area contributed by atoms with Crippen molar-refractivity contribution in [2.24, 2.45) is 5.92 Å². The topological polar surface area (TPSA) is 38.3 Å². The summed E-state index contributed by atoms with van der Waals surface area (Å²) in [7, 11) is 0. The number of carbonyl (C=O) groups is 1. The van der Waals surface area contributed by atoms with Crippen LogP contribution in [0.25, 0.3) is 0 Å². The first kappa shape index (κ1) is 17.0. The lowest BCUT2D eigenvalue weighted by atomic mass is 9.98. The monoisotopic (exact) mass is 303 g/mol. The average Bonchev–Trinajstić information content (AvgIpc) is 2.53. The number of hydrogen-bond acceptors (Lipinski definition) is 2. The van der Waals surface area contributed by atoms with Crippen LogP contribution in [-0.2, 0) is 16.0 Å². The van der Waals surface area contributed by atoms with Crippen LogP contribution < -0.4 is 5.32 Å². The van der Waals surface area contributed by atoms with Crippen molar-refractivity contribution >= 4 is 5.91 Å². The van der Waals surface area contributed by atoms with Crippen molar-refractivity contribution in [3.05, 3.63) is 35.4 Å². The summed E-state index contributed by atoms with van der Waals surface area (Å²) in [6.45, 7) is 6.78. The van der Waals surface area contributed by atoms with Crippen LogP contribution in [0.1, 0.15) is 56.6 Å². The molecule has 22 heavy (non-hydrogen) atoms. The Morgan fingerprint density at radius 3 is 2.73 bits per heavy atom. The summed E-state index contributed by atoms with van der Waals surface area (Å²) in [5, 5.41) is 3.04. The van der Waals surface area contributed by atoms with Gasteiger partial charge in [0.15, 0.2) is 0 Å². The molecular weight excluding hydrogens is 274 g/mol. The highest BCUT2D eigenvalue weighted by Gasteiger charge is 2.17. The van der Waals surface area contributed by atoms with E-state index < -0.39 is 0 Å². The maximum atomic E-state index is 11.9. The number of hydrogen-bond donors (Lipinski definition) is 1. The van der Waals surface area contributed by atoms with Crippen molar-refractivity contribution < 1.29 is 9.53 Å². The molecular formula is C19H29NO2. The Kier molecular flexibility index (Phi) is 6.91. The smallest absolute Gasteiger partial charge is 0.220 e. The van der Waals surface area contributed by atoms with Crippen molar-refractivity contribution in [1.29, 1.82) is 0 Å². The number of carbonyl (C=O) groups excluding carboxylic acids is 1. The van der Waals surface area contributed by atoms with Gasteiger partial charge in [0.2, 0.25) is 5.91 Å². The number of ether oxygens (including phenoxy) is 1. The lowest BCUT2D eigenvalue weighted by Gasteiger charge is -2.21. The standard InChI is InChI=1S/C19H29NO2/c1-15(2)18-9-7-16(8-10-18)5-3-11-20-19(21)13-17-6-4-12-22-14-17/h7-10,15,17H,3-6,11-14H2,1-2H3,(H,20,21)/t17-/m1/s1. The molecule has 122 valence electrons. The van der Waals surface area contributed by atoms with Gasteiger partial charge in [0.05, 0.1) is 0 Å². The number of benzene rings is 1. The van der Waals surface area contributed by atoms with Gasteiger partial charge in [-0.3, -0.25) is 4.79 Å². The van der Waals surface area contributed by atoms with E-state index in [-0.39, 0.29) is 5.91 Å². The summed E-state index contributed by atoms with van der Waals surface area (Å²) in [5.41, 5.74) is 2.73. The van der Waals surface area contributed by atoms with Gasteiger partial charge >= 0.3 is 0 Å². The molecule has 1 aromatic rings. The summed E-state index contributed by atoms with van der Waals surface area (Å²) in [5.74, 6) is 1.17. The minimum absolute atomic E-state index is 0.172. The van der Waals surface area contributed by atoms with Crippen molar-refractivity contribution in [2.45, 2.75) is 51.9 Å². The fourth-order valence-electron chi connectivity index (χ4n) is 2.89. The van der Waals surface area contributed by atoms with Crippen LogP contribution >= 0.6 is 0 Å². The number of aryl methyl sites for hydroxylation is 1. The van der Waals surface area contributed by atoms with Gasteiger partial charge in [-0.25, -0.2) is 0 Å². The third-order valence-corrected chi connectivity index (χ3v) is 4.34. The van der Waals surface area contributed by atoms with E-state index in [0.29, 0.717) is 18.3 Å². The molecule has 0 radical (unpaired) electrons. The van der Waals surface area contributed by atoms with E-state index in [1.165, 1.54) is 11.1 Å². The van der Waals surface area contributed by atoms with Gasteiger partial charge in [-0.2, -0.15) is 0 Å². The van der Waals surface area contributed by atoms with E-state index in [2.05, 4.69) is 43.4 Å². The Morgan fingerprint density at radius 1 is 1.32 bits per heavy atom. The van der Waals surface area contributed by atoms with Gasteiger partial charge in [-0.15, -0.1) is 0 Å². The van der Waals surface area contributed by atoms with Crippen LogP contribution in [0.3, 0.4) is 0 Å². The molecule has 1 aliphatic rings. The molecule has 0 aliphatic carbocycles. The quantitative estimate of drug-likeness (QED) is 0.780. The van der Waals surface area contributed by atoms with E-state index >= 15 is 0 Å². The fourth-order valence-corrected chi connectivity index (χ4v) is 2.89. The molecule has 0 aromatic heterocycles. The Balaban J connectivity index is 1.60. The molecule has 1 heterocycles. The van der Waals surface area contributed by atoms with Crippen LogP contribution in [0.5, 0.6) is 0 Å². The zero-order valence-corrected chi connectivity index (χ0v) is 13.9. The minimum atomic E-state index is 0.172. The molecule has 1 atom stereocenters.